The van der Waals surface area contributed by atoms with Crippen molar-refractivity contribution >= 4 is 11.9 Å². The van der Waals surface area contributed by atoms with Gasteiger partial charge in [0, 0.05) is 25.2 Å². The number of fused-ring (bicyclic) bond motifs is 1. The van der Waals surface area contributed by atoms with Crippen LogP contribution >= 0.6 is 0 Å². The predicted molar refractivity (Wildman–Crippen MR) is 111 cm³/mol. The number of aromatic nitrogens is 2. The molecule has 1 aromatic carbocycles. The highest BCUT2D eigenvalue weighted by Crippen LogP contribution is 2.39. The lowest BCUT2D eigenvalue weighted by atomic mass is 9.89. The second kappa shape index (κ2) is 9.19. The molecule has 0 aliphatic carbocycles. The van der Waals surface area contributed by atoms with Gasteiger partial charge >= 0.3 is 5.97 Å². The zero-order valence-corrected chi connectivity index (χ0v) is 18.2. The third-order valence-electron chi connectivity index (χ3n) is 5.55. The number of carbonyl (C=O) groups excluding carboxylic acids is 2. The van der Waals surface area contributed by atoms with Crippen molar-refractivity contribution in [2.24, 2.45) is 0 Å². The molecule has 0 radical (unpaired) electrons. The van der Waals surface area contributed by atoms with Gasteiger partial charge in [-0.25, -0.2) is 0 Å². The van der Waals surface area contributed by atoms with Gasteiger partial charge in [0.15, 0.2) is 11.5 Å². The van der Waals surface area contributed by atoms with E-state index in [9.17, 15) is 9.59 Å². The van der Waals surface area contributed by atoms with E-state index in [0.717, 1.165) is 22.5 Å². The summed E-state index contributed by atoms with van der Waals surface area (Å²) in [5, 5.41) is 4.43. The Kier molecular flexibility index (Phi) is 6.64. The largest absolute Gasteiger partial charge is 0.493 e. The van der Waals surface area contributed by atoms with E-state index in [-0.39, 0.29) is 18.3 Å². The quantitative estimate of drug-likeness (QED) is 0.647. The Hall–Kier alpha value is -3.03. The molecule has 1 aliphatic rings. The standard InChI is InChI=1S/C22H29N3O5/c1-14-10-15(2)25(23-14)9-7-21(26)24-8-6-16-11-19(28-3)20(29-4)12-17(16)18(24)13-22(27)30-5/h10-12,18H,6-9,13H2,1-5H3. The lowest BCUT2D eigenvalue weighted by molar-refractivity contribution is -0.144. The molecule has 1 aromatic heterocycles. The van der Waals surface area contributed by atoms with Crippen LogP contribution in [-0.2, 0) is 27.3 Å². The Morgan fingerprint density at radius 1 is 1.10 bits per heavy atom. The smallest absolute Gasteiger partial charge is 0.307 e. The summed E-state index contributed by atoms with van der Waals surface area (Å²) in [6.07, 6.45) is 1.08. The maximum atomic E-state index is 13.1. The molecular weight excluding hydrogens is 386 g/mol. The Morgan fingerprint density at radius 3 is 2.40 bits per heavy atom. The number of rotatable bonds is 7. The lowest BCUT2D eigenvalue weighted by Gasteiger charge is -2.37. The molecule has 3 rings (SSSR count). The van der Waals surface area contributed by atoms with Gasteiger partial charge in [-0.2, -0.15) is 5.10 Å². The molecule has 0 spiro atoms. The van der Waals surface area contributed by atoms with Crippen LogP contribution in [-0.4, -0.2) is 54.4 Å². The maximum absolute atomic E-state index is 13.1. The predicted octanol–water partition coefficient (Wildman–Crippen LogP) is 2.60. The Balaban J connectivity index is 1.87. The first-order valence-corrected chi connectivity index (χ1v) is 10.00. The first-order chi connectivity index (χ1) is 14.4. The van der Waals surface area contributed by atoms with Gasteiger partial charge in [0.1, 0.15) is 0 Å². The van der Waals surface area contributed by atoms with Crippen LogP contribution in [0.1, 0.15) is 41.4 Å². The molecule has 162 valence electrons. The number of ether oxygens (including phenoxy) is 3. The Labute approximate surface area is 176 Å². The van der Waals surface area contributed by atoms with Gasteiger partial charge < -0.3 is 19.1 Å². The molecule has 8 nitrogen and oxygen atoms in total. The van der Waals surface area contributed by atoms with Crippen molar-refractivity contribution in [3.63, 3.8) is 0 Å². The number of nitrogens with zero attached hydrogens (tertiary/aromatic N) is 3. The van der Waals surface area contributed by atoms with E-state index < -0.39 is 6.04 Å². The van der Waals surface area contributed by atoms with Crippen molar-refractivity contribution in [3.05, 3.63) is 40.7 Å². The Bertz CT molecular complexity index is 937. The van der Waals surface area contributed by atoms with E-state index in [1.807, 2.05) is 36.7 Å². The van der Waals surface area contributed by atoms with Crippen LogP contribution in [0.5, 0.6) is 11.5 Å². The molecule has 0 saturated heterocycles. The topological polar surface area (TPSA) is 82.9 Å². The number of benzene rings is 1. The number of amides is 1. The van der Waals surface area contributed by atoms with Crippen LogP contribution in [0.3, 0.4) is 0 Å². The summed E-state index contributed by atoms with van der Waals surface area (Å²) in [4.78, 5) is 27.0. The van der Waals surface area contributed by atoms with E-state index >= 15 is 0 Å². The second-order valence-electron chi connectivity index (χ2n) is 7.44. The van der Waals surface area contributed by atoms with Crippen LogP contribution < -0.4 is 9.47 Å². The van der Waals surface area contributed by atoms with Crippen LogP contribution in [0.4, 0.5) is 0 Å². The number of methoxy groups -OCH3 is 3. The third kappa shape index (κ3) is 4.42. The van der Waals surface area contributed by atoms with Crippen LogP contribution in [0, 0.1) is 13.8 Å². The van der Waals surface area contributed by atoms with E-state index in [1.54, 1.807) is 19.1 Å². The molecule has 1 amide bonds. The highest BCUT2D eigenvalue weighted by atomic mass is 16.5. The molecule has 2 heterocycles. The molecule has 1 unspecified atom stereocenters. The monoisotopic (exact) mass is 415 g/mol. The average molecular weight is 415 g/mol. The van der Waals surface area contributed by atoms with Gasteiger partial charge in [0.05, 0.1) is 39.5 Å². The lowest BCUT2D eigenvalue weighted by Crippen LogP contribution is -2.41. The third-order valence-corrected chi connectivity index (χ3v) is 5.55. The molecular formula is C22H29N3O5. The molecule has 2 aromatic rings. The molecule has 8 heteroatoms. The molecule has 30 heavy (non-hydrogen) atoms. The molecule has 1 atom stereocenters. The van der Waals surface area contributed by atoms with Gasteiger partial charge in [0.25, 0.3) is 0 Å². The Morgan fingerprint density at radius 2 is 1.80 bits per heavy atom. The van der Waals surface area contributed by atoms with Gasteiger partial charge in [-0.3, -0.25) is 14.3 Å². The summed E-state index contributed by atoms with van der Waals surface area (Å²) >= 11 is 0. The minimum Gasteiger partial charge on any atom is -0.493 e. The van der Waals surface area contributed by atoms with Crippen molar-refractivity contribution in [2.45, 2.75) is 45.7 Å². The summed E-state index contributed by atoms with van der Waals surface area (Å²) in [5.74, 6) is 0.830. The molecule has 0 N–H and O–H groups in total. The van der Waals surface area contributed by atoms with Crippen LogP contribution in [0.25, 0.3) is 0 Å². The number of hydrogen-bond acceptors (Lipinski definition) is 6. The summed E-state index contributed by atoms with van der Waals surface area (Å²) in [7, 11) is 4.52. The fourth-order valence-corrected chi connectivity index (χ4v) is 4.03. The minimum absolute atomic E-state index is 0.0168. The average Bonchev–Trinajstić information content (AvgIpc) is 3.07. The van der Waals surface area contributed by atoms with E-state index in [0.29, 0.717) is 37.4 Å². The summed E-state index contributed by atoms with van der Waals surface area (Å²) < 4.78 is 17.6. The van der Waals surface area contributed by atoms with Crippen molar-refractivity contribution in [1.82, 2.24) is 14.7 Å². The van der Waals surface area contributed by atoms with Crippen LogP contribution in [0.2, 0.25) is 0 Å². The van der Waals surface area contributed by atoms with Gasteiger partial charge in [-0.15, -0.1) is 0 Å². The number of esters is 1. The highest BCUT2D eigenvalue weighted by Gasteiger charge is 2.33. The normalized spacial score (nSPS) is 15.5. The number of aryl methyl sites for hydroxylation is 3. The number of hydrogen-bond donors (Lipinski definition) is 0. The molecule has 0 bridgehead atoms. The SMILES string of the molecule is COC(=O)CC1c2cc(OC)c(OC)cc2CCN1C(=O)CCn1nc(C)cc1C. The molecule has 0 saturated carbocycles. The highest BCUT2D eigenvalue weighted by molar-refractivity contribution is 5.79. The first kappa shape index (κ1) is 21.7. The van der Waals surface area contributed by atoms with Crippen molar-refractivity contribution in [1.29, 1.82) is 0 Å². The first-order valence-electron chi connectivity index (χ1n) is 10.00. The van der Waals surface area contributed by atoms with Crippen LogP contribution in [0.15, 0.2) is 18.2 Å². The molecule has 0 fully saturated rings. The van der Waals surface area contributed by atoms with E-state index in [2.05, 4.69) is 5.10 Å². The van der Waals surface area contributed by atoms with Crippen molar-refractivity contribution < 1.29 is 23.8 Å². The summed E-state index contributed by atoms with van der Waals surface area (Å²) in [5.41, 5.74) is 3.89. The maximum Gasteiger partial charge on any atom is 0.307 e. The van der Waals surface area contributed by atoms with Gasteiger partial charge in [-0.1, -0.05) is 0 Å². The van der Waals surface area contributed by atoms with E-state index in [1.165, 1.54) is 7.11 Å². The minimum atomic E-state index is -0.408. The zero-order chi connectivity index (χ0) is 21.8. The summed E-state index contributed by atoms with van der Waals surface area (Å²) in [6, 6.07) is 5.37. The number of carbonyl (C=O) groups is 2. The van der Waals surface area contributed by atoms with Crippen molar-refractivity contribution in [2.75, 3.05) is 27.9 Å². The van der Waals surface area contributed by atoms with E-state index in [4.69, 9.17) is 14.2 Å². The van der Waals surface area contributed by atoms with Crippen molar-refractivity contribution in [3.8, 4) is 11.5 Å². The van der Waals surface area contributed by atoms with Gasteiger partial charge in [-0.05, 0) is 49.6 Å². The zero-order valence-electron chi connectivity index (χ0n) is 18.2. The molecule has 1 aliphatic heterocycles. The fraction of sp³-hybridized carbons (Fsp3) is 0.500. The fourth-order valence-electron chi connectivity index (χ4n) is 4.03. The van der Waals surface area contributed by atoms with Gasteiger partial charge in [0.2, 0.25) is 5.91 Å². The second-order valence-corrected chi connectivity index (χ2v) is 7.44. The summed E-state index contributed by atoms with van der Waals surface area (Å²) in [6.45, 7) is 4.93.